The molecule has 1 fully saturated rings. The van der Waals surface area contributed by atoms with Crippen LogP contribution in [0.5, 0.6) is 5.75 Å². The molecule has 1 amide bonds. The zero-order chi connectivity index (χ0) is 25.2. The summed E-state index contributed by atoms with van der Waals surface area (Å²) >= 11 is 0. The molecule has 10 heteroatoms. The van der Waals surface area contributed by atoms with Gasteiger partial charge < -0.3 is 19.0 Å². The fraction of sp³-hybridized carbons (Fsp3) is 0.231. The van der Waals surface area contributed by atoms with Crippen LogP contribution in [-0.2, 0) is 0 Å². The van der Waals surface area contributed by atoms with Gasteiger partial charge in [-0.2, -0.15) is 5.10 Å². The molecule has 1 aliphatic rings. The summed E-state index contributed by atoms with van der Waals surface area (Å²) in [4.78, 5) is 28.5. The number of piperazine rings is 1. The van der Waals surface area contributed by atoms with Gasteiger partial charge in [0.2, 0.25) is 0 Å². The normalized spacial score (nSPS) is 13.6. The summed E-state index contributed by atoms with van der Waals surface area (Å²) in [6, 6.07) is 19.2. The van der Waals surface area contributed by atoms with Crippen LogP contribution in [0.2, 0.25) is 0 Å². The molecule has 1 aliphatic heterocycles. The van der Waals surface area contributed by atoms with Crippen molar-refractivity contribution in [1.82, 2.24) is 14.7 Å². The molecular weight excluding hydrogens is 462 g/mol. The number of nitrogens with zero attached hydrogens (tertiary/aromatic N) is 5. The number of hydrogen-bond donors (Lipinski definition) is 0. The van der Waals surface area contributed by atoms with Gasteiger partial charge in [-0.25, -0.2) is 4.68 Å². The highest BCUT2D eigenvalue weighted by atomic mass is 16.6. The van der Waals surface area contributed by atoms with Gasteiger partial charge in [0.05, 0.1) is 23.4 Å². The average molecular weight is 488 g/mol. The first-order chi connectivity index (χ1) is 17.4. The van der Waals surface area contributed by atoms with E-state index in [0.717, 1.165) is 17.2 Å². The largest absolute Gasteiger partial charge is 0.495 e. The van der Waals surface area contributed by atoms with E-state index in [-0.39, 0.29) is 11.6 Å². The average Bonchev–Trinajstić information content (AvgIpc) is 3.55. The quantitative estimate of drug-likeness (QED) is 0.294. The van der Waals surface area contributed by atoms with Gasteiger partial charge in [-0.15, -0.1) is 0 Å². The van der Waals surface area contributed by atoms with Gasteiger partial charge in [-0.05, 0) is 37.3 Å². The van der Waals surface area contributed by atoms with Crippen molar-refractivity contribution in [3.05, 3.63) is 88.3 Å². The second kappa shape index (κ2) is 9.57. The first kappa shape index (κ1) is 23.2. The van der Waals surface area contributed by atoms with E-state index in [2.05, 4.69) is 10.00 Å². The van der Waals surface area contributed by atoms with Crippen molar-refractivity contribution in [1.29, 1.82) is 0 Å². The topological polar surface area (TPSA) is 107 Å². The predicted octanol–water partition coefficient (Wildman–Crippen LogP) is 4.32. The van der Waals surface area contributed by atoms with Crippen LogP contribution in [0.1, 0.15) is 16.2 Å². The Balaban J connectivity index is 1.45. The highest BCUT2D eigenvalue weighted by Crippen LogP contribution is 2.30. The Kier molecular flexibility index (Phi) is 6.16. The van der Waals surface area contributed by atoms with E-state index in [0.29, 0.717) is 49.0 Å². The molecule has 1 saturated heterocycles. The lowest BCUT2D eigenvalue weighted by molar-refractivity contribution is -0.384. The van der Waals surface area contributed by atoms with Crippen LogP contribution >= 0.6 is 0 Å². The first-order valence-electron chi connectivity index (χ1n) is 11.5. The minimum absolute atomic E-state index is 0.0813. The molecular formula is C26H25N5O5. The van der Waals surface area contributed by atoms with Crippen molar-refractivity contribution in [3.8, 4) is 22.9 Å². The van der Waals surface area contributed by atoms with Crippen molar-refractivity contribution < 1.29 is 18.9 Å². The summed E-state index contributed by atoms with van der Waals surface area (Å²) in [5.74, 6) is 1.82. The SMILES string of the molecule is COc1ccccc1N1CCN(C(=O)c2cc(-c3ccc(C)o3)nn2-c2cccc([N+](=O)[O-])c2)CC1. The third-order valence-corrected chi connectivity index (χ3v) is 6.20. The maximum atomic E-state index is 13.7. The summed E-state index contributed by atoms with van der Waals surface area (Å²) < 4.78 is 12.7. The third-order valence-electron chi connectivity index (χ3n) is 6.20. The van der Waals surface area contributed by atoms with Crippen molar-refractivity contribution in [2.45, 2.75) is 6.92 Å². The van der Waals surface area contributed by atoms with E-state index in [1.54, 1.807) is 36.3 Å². The molecule has 0 N–H and O–H groups in total. The third kappa shape index (κ3) is 4.40. The summed E-state index contributed by atoms with van der Waals surface area (Å²) in [5.41, 5.74) is 2.12. The molecule has 0 saturated carbocycles. The standard InChI is InChI=1S/C26H25N5O5/c1-18-10-11-24(36-18)21-17-23(30(27-21)19-6-5-7-20(16-19)31(33)34)26(32)29-14-12-28(13-15-29)22-8-3-4-9-25(22)35-2/h3-11,16-17H,12-15H2,1-2H3. The second-order valence-corrected chi connectivity index (χ2v) is 8.46. The number of aryl methyl sites for hydroxylation is 1. The number of rotatable bonds is 6. The molecule has 0 bridgehead atoms. The number of para-hydroxylation sites is 2. The van der Waals surface area contributed by atoms with E-state index in [1.807, 2.05) is 37.3 Å². The molecule has 5 rings (SSSR count). The zero-order valence-corrected chi connectivity index (χ0v) is 20.0. The fourth-order valence-corrected chi connectivity index (χ4v) is 4.36. The number of carbonyl (C=O) groups is 1. The summed E-state index contributed by atoms with van der Waals surface area (Å²) in [6.45, 7) is 4.12. The van der Waals surface area contributed by atoms with Crippen LogP contribution in [0.15, 0.2) is 71.1 Å². The van der Waals surface area contributed by atoms with Gasteiger partial charge in [-0.1, -0.05) is 18.2 Å². The zero-order valence-electron chi connectivity index (χ0n) is 20.0. The summed E-state index contributed by atoms with van der Waals surface area (Å²) in [6.07, 6.45) is 0. The lowest BCUT2D eigenvalue weighted by Crippen LogP contribution is -2.49. The Hall–Kier alpha value is -4.60. The number of methoxy groups -OCH3 is 1. The second-order valence-electron chi connectivity index (χ2n) is 8.46. The molecule has 0 unspecified atom stereocenters. The predicted molar refractivity (Wildman–Crippen MR) is 134 cm³/mol. The van der Waals surface area contributed by atoms with E-state index in [4.69, 9.17) is 9.15 Å². The number of anilines is 1. The monoisotopic (exact) mass is 487 g/mol. The number of hydrogen-bond acceptors (Lipinski definition) is 7. The van der Waals surface area contributed by atoms with Crippen LogP contribution in [0.3, 0.4) is 0 Å². The van der Waals surface area contributed by atoms with Crippen molar-refractivity contribution in [2.24, 2.45) is 0 Å². The van der Waals surface area contributed by atoms with Crippen molar-refractivity contribution in [2.75, 3.05) is 38.2 Å². The van der Waals surface area contributed by atoms with Crippen molar-refractivity contribution in [3.63, 3.8) is 0 Å². The number of amides is 1. The molecule has 4 aromatic rings. The summed E-state index contributed by atoms with van der Waals surface area (Å²) in [5, 5.41) is 15.9. The molecule has 3 heterocycles. The highest BCUT2D eigenvalue weighted by Gasteiger charge is 2.28. The first-order valence-corrected chi connectivity index (χ1v) is 11.5. The smallest absolute Gasteiger partial charge is 0.272 e. The maximum Gasteiger partial charge on any atom is 0.272 e. The molecule has 36 heavy (non-hydrogen) atoms. The highest BCUT2D eigenvalue weighted by molar-refractivity contribution is 5.94. The van der Waals surface area contributed by atoms with E-state index in [9.17, 15) is 14.9 Å². The molecule has 2 aromatic heterocycles. The molecule has 0 spiro atoms. The lowest BCUT2D eigenvalue weighted by Gasteiger charge is -2.36. The number of carbonyl (C=O) groups excluding carboxylic acids is 1. The number of non-ortho nitro benzene ring substituents is 1. The Labute approximate surface area is 207 Å². The number of furan rings is 1. The molecule has 0 atom stereocenters. The Morgan fingerprint density at radius 1 is 1.03 bits per heavy atom. The maximum absolute atomic E-state index is 13.7. The van der Waals surface area contributed by atoms with Crippen molar-refractivity contribution >= 4 is 17.3 Å². The Bertz CT molecular complexity index is 1420. The number of benzene rings is 2. The van der Waals surface area contributed by atoms with Crippen LogP contribution in [0.4, 0.5) is 11.4 Å². The van der Waals surface area contributed by atoms with Crippen LogP contribution in [0, 0.1) is 17.0 Å². The summed E-state index contributed by atoms with van der Waals surface area (Å²) in [7, 11) is 1.64. The lowest BCUT2D eigenvalue weighted by atomic mass is 10.2. The Morgan fingerprint density at radius 2 is 1.81 bits per heavy atom. The molecule has 10 nitrogen and oxygen atoms in total. The number of ether oxygens (including phenoxy) is 1. The van der Waals surface area contributed by atoms with Gasteiger partial charge in [0.25, 0.3) is 11.6 Å². The van der Waals surface area contributed by atoms with Gasteiger partial charge in [-0.3, -0.25) is 14.9 Å². The molecule has 184 valence electrons. The number of nitro benzene ring substituents is 1. The minimum Gasteiger partial charge on any atom is -0.495 e. The molecule has 0 radical (unpaired) electrons. The van der Waals surface area contributed by atoms with Gasteiger partial charge in [0.1, 0.15) is 22.9 Å². The fourth-order valence-electron chi connectivity index (χ4n) is 4.36. The van der Waals surface area contributed by atoms with Gasteiger partial charge in [0.15, 0.2) is 5.76 Å². The van der Waals surface area contributed by atoms with Gasteiger partial charge in [0, 0.05) is 44.4 Å². The van der Waals surface area contributed by atoms with Crippen LogP contribution in [0.25, 0.3) is 17.1 Å². The van der Waals surface area contributed by atoms with E-state index < -0.39 is 4.92 Å². The van der Waals surface area contributed by atoms with Crippen LogP contribution in [-0.4, -0.2) is 58.8 Å². The number of nitro groups is 1. The Morgan fingerprint density at radius 3 is 2.50 bits per heavy atom. The minimum atomic E-state index is -0.470. The van der Waals surface area contributed by atoms with E-state index >= 15 is 0 Å². The molecule has 0 aliphatic carbocycles. The van der Waals surface area contributed by atoms with Gasteiger partial charge >= 0.3 is 0 Å². The number of aromatic nitrogens is 2. The molecule has 2 aromatic carbocycles. The van der Waals surface area contributed by atoms with Crippen LogP contribution < -0.4 is 9.64 Å². The van der Waals surface area contributed by atoms with E-state index in [1.165, 1.54) is 16.8 Å².